The molecule has 0 aromatic rings. The van der Waals surface area contributed by atoms with Crippen molar-refractivity contribution in [3.8, 4) is 0 Å². The third-order valence-corrected chi connectivity index (χ3v) is 3.15. The number of carbonyl (C=O) groups excluding carboxylic acids is 1. The predicted molar refractivity (Wildman–Crippen MR) is 51.9 cm³/mol. The van der Waals surface area contributed by atoms with Crippen LogP contribution in [0.3, 0.4) is 0 Å². The Labute approximate surface area is 84.5 Å². The van der Waals surface area contributed by atoms with Crippen molar-refractivity contribution in [2.45, 2.75) is 11.7 Å². The van der Waals surface area contributed by atoms with Crippen LogP contribution in [-0.4, -0.2) is 38.8 Å². The molecular formula is C8H8N2O3S. The van der Waals surface area contributed by atoms with Crippen LogP contribution in [0.5, 0.6) is 0 Å². The molecule has 1 amide bonds. The second kappa shape index (κ2) is 3.45. The molecule has 1 N–H and O–H groups in total. The van der Waals surface area contributed by atoms with Gasteiger partial charge in [0, 0.05) is 12.7 Å². The average molecular weight is 212 g/mol. The summed E-state index contributed by atoms with van der Waals surface area (Å²) in [5.74, 6) is -1.11. The molecule has 1 unspecified atom stereocenters. The summed E-state index contributed by atoms with van der Waals surface area (Å²) in [7, 11) is 0. The third kappa shape index (κ3) is 1.52. The first kappa shape index (κ1) is 9.26. The largest absolute Gasteiger partial charge is 0.481 e. The minimum absolute atomic E-state index is 0.140. The van der Waals surface area contributed by atoms with Crippen LogP contribution in [0.2, 0.25) is 0 Å². The highest BCUT2D eigenvalue weighted by Crippen LogP contribution is 2.30. The fraction of sp³-hybridized carbons (Fsp3) is 0.375. The van der Waals surface area contributed by atoms with Crippen molar-refractivity contribution in [3.05, 3.63) is 12.3 Å². The van der Waals surface area contributed by atoms with Gasteiger partial charge in [-0.25, -0.2) is 4.99 Å². The van der Waals surface area contributed by atoms with E-state index < -0.39 is 11.2 Å². The van der Waals surface area contributed by atoms with E-state index in [-0.39, 0.29) is 12.3 Å². The first-order valence-electron chi connectivity index (χ1n) is 4.11. The van der Waals surface area contributed by atoms with Gasteiger partial charge in [0.1, 0.15) is 5.25 Å². The van der Waals surface area contributed by atoms with E-state index in [9.17, 15) is 9.59 Å². The molecule has 1 fully saturated rings. The maximum Gasteiger partial charge on any atom is 0.305 e. The van der Waals surface area contributed by atoms with E-state index >= 15 is 0 Å². The predicted octanol–water partition coefficient (Wildman–Crippen LogP) is 0.288. The van der Waals surface area contributed by atoms with Gasteiger partial charge in [0.25, 0.3) is 0 Å². The summed E-state index contributed by atoms with van der Waals surface area (Å²) in [5.41, 5.74) is 0. The van der Waals surface area contributed by atoms with Gasteiger partial charge in [0.15, 0.2) is 5.17 Å². The molecule has 0 spiro atoms. The summed E-state index contributed by atoms with van der Waals surface area (Å²) >= 11 is 1.23. The van der Waals surface area contributed by atoms with E-state index in [1.807, 2.05) is 0 Å². The zero-order valence-corrected chi connectivity index (χ0v) is 8.03. The molecule has 6 heteroatoms. The molecule has 0 aromatic heterocycles. The molecule has 0 saturated carbocycles. The highest BCUT2D eigenvalue weighted by atomic mass is 32.2. The van der Waals surface area contributed by atoms with Gasteiger partial charge in [-0.15, -0.1) is 0 Å². The lowest BCUT2D eigenvalue weighted by Crippen LogP contribution is -2.33. The van der Waals surface area contributed by atoms with Crippen LogP contribution >= 0.6 is 11.8 Å². The number of carboxylic acid groups (broad SMARTS) is 1. The number of thioether (sulfide) groups is 1. The van der Waals surface area contributed by atoms with Crippen LogP contribution in [0.4, 0.5) is 0 Å². The molecule has 0 aromatic carbocycles. The Morgan fingerprint density at radius 3 is 3.21 bits per heavy atom. The summed E-state index contributed by atoms with van der Waals surface area (Å²) in [6, 6.07) is 0. The van der Waals surface area contributed by atoms with Crippen LogP contribution in [-0.2, 0) is 9.59 Å². The molecule has 2 rings (SSSR count). The molecular weight excluding hydrogens is 204 g/mol. The van der Waals surface area contributed by atoms with Crippen molar-refractivity contribution >= 4 is 28.8 Å². The number of amides is 1. The SMILES string of the molecule is O=C(O)CC1SC2=NC=CCN2C1=O. The average Bonchev–Trinajstić information content (AvgIpc) is 2.44. The van der Waals surface area contributed by atoms with Crippen molar-refractivity contribution in [3.63, 3.8) is 0 Å². The molecule has 0 aliphatic carbocycles. The second-order valence-corrected chi connectivity index (χ2v) is 4.12. The van der Waals surface area contributed by atoms with E-state index in [0.717, 1.165) is 0 Å². The molecule has 0 radical (unpaired) electrons. The molecule has 2 aliphatic rings. The smallest absolute Gasteiger partial charge is 0.305 e. The molecule has 5 nitrogen and oxygen atoms in total. The van der Waals surface area contributed by atoms with E-state index in [0.29, 0.717) is 11.7 Å². The standard InChI is InChI=1S/C8H8N2O3S/c11-6(12)4-5-7(13)10-3-1-2-9-8(10)14-5/h1-2,5H,3-4H2,(H,11,12). The maximum absolute atomic E-state index is 11.6. The zero-order valence-electron chi connectivity index (χ0n) is 7.21. The van der Waals surface area contributed by atoms with Gasteiger partial charge in [-0.3, -0.25) is 14.5 Å². The number of carboxylic acids is 1. The molecule has 74 valence electrons. The number of hydrogen-bond acceptors (Lipinski definition) is 4. The number of hydrogen-bond donors (Lipinski definition) is 1. The Hall–Kier alpha value is -1.30. The number of aliphatic imine (C=N–C) groups is 1. The number of fused-ring (bicyclic) bond motifs is 1. The molecule has 2 aliphatic heterocycles. The van der Waals surface area contributed by atoms with Crippen molar-refractivity contribution in [1.82, 2.24) is 4.90 Å². The van der Waals surface area contributed by atoms with Gasteiger partial charge in [-0.05, 0) is 6.08 Å². The summed E-state index contributed by atoms with van der Waals surface area (Å²) in [5, 5.41) is 8.69. The number of nitrogens with zero attached hydrogens (tertiary/aromatic N) is 2. The van der Waals surface area contributed by atoms with Crippen LogP contribution < -0.4 is 0 Å². The second-order valence-electron chi connectivity index (χ2n) is 2.95. The Balaban J connectivity index is 2.13. The molecule has 1 saturated heterocycles. The van der Waals surface area contributed by atoms with E-state index in [4.69, 9.17) is 5.11 Å². The lowest BCUT2D eigenvalue weighted by molar-refractivity contribution is -0.139. The third-order valence-electron chi connectivity index (χ3n) is 1.96. The fourth-order valence-corrected chi connectivity index (χ4v) is 2.46. The minimum Gasteiger partial charge on any atom is -0.481 e. The monoisotopic (exact) mass is 212 g/mol. The van der Waals surface area contributed by atoms with Crippen molar-refractivity contribution in [2.75, 3.05) is 6.54 Å². The Morgan fingerprint density at radius 2 is 2.57 bits per heavy atom. The number of aliphatic carboxylic acids is 1. The summed E-state index contributed by atoms with van der Waals surface area (Å²) < 4.78 is 0. The van der Waals surface area contributed by atoms with Crippen molar-refractivity contribution in [1.29, 1.82) is 0 Å². The van der Waals surface area contributed by atoms with Gasteiger partial charge < -0.3 is 5.11 Å². The normalized spacial score (nSPS) is 24.9. The first-order chi connectivity index (χ1) is 6.68. The van der Waals surface area contributed by atoms with Crippen molar-refractivity contribution < 1.29 is 14.7 Å². The molecule has 1 atom stereocenters. The number of amidine groups is 1. The van der Waals surface area contributed by atoms with Crippen molar-refractivity contribution in [2.24, 2.45) is 4.99 Å². The van der Waals surface area contributed by atoms with E-state index in [2.05, 4.69) is 4.99 Å². The summed E-state index contributed by atoms with van der Waals surface area (Å²) in [6.45, 7) is 0.501. The minimum atomic E-state index is -0.954. The highest BCUT2D eigenvalue weighted by molar-refractivity contribution is 8.15. The van der Waals surface area contributed by atoms with Gasteiger partial charge >= 0.3 is 5.97 Å². The molecule has 0 bridgehead atoms. The Kier molecular flexibility index (Phi) is 2.28. The van der Waals surface area contributed by atoms with E-state index in [1.165, 1.54) is 16.7 Å². The topological polar surface area (TPSA) is 70.0 Å². The van der Waals surface area contributed by atoms with Gasteiger partial charge in [-0.1, -0.05) is 11.8 Å². The maximum atomic E-state index is 11.6. The fourth-order valence-electron chi connectivity index (χ4n) is 1.33. The van der Waals surface area contributed by atoms with Gasteiger partial charge in [0.2, 0.25) is 5.91 Å². The van der Waals surface area contributed by atoms with Crippen LogP contribution in [0.25, 0.3) is 0 Å². The summed E-state index contributed by atoms with van der Waals surface area (Å²) in [4.78, 5) is 27.6. The summed E-state index contributed by atoms with van der Waals surface area (Å²) in [6.07, 6.45) is 3.26. The lowest BCUT2D eigenvalue weighted by Gasteiger charge is -2.15. The highest BCUT2D eigenvalue weighted by Gasteiger charge is 2.38. The molecule has 14 heavy (non-hydrogen) atoms. The Bertz CT molecular complexity index is 350. The van der Waals surface area contributed by atoms with E-state index in [1.54, 1.807) is 12.3 Å². The van der Waals surface area contributed by atoms with Crippen LogP contribution in [0, 0.1) is 0 Å². The Morgan fingerprint density at radius 1 is 1.79 bits per heavy atom. The van der Waals surface area contributed by atoms with Crippen LogP contribution in [0.1, 0.15) is 6.42 Å². The lowest BCUT2D eigenvalue weighted by atomic mass is 10.2. The van der Waals surface area contributed by atoms with Crippen LogP contribution in [0.15, 0.2) is 17.3 Å². The number of carbonyl (C=O) groups is 2. The quantitative estimate of drug-likeness (QED) is 0.714. The zero-order chi connectivity index (χ0) is 10.1. The van der Waals surface area contributed by atoms with Gasteiger partial charge in [0.05, 0.1) is 6.42 Å². The molecule has 2 heterocycles. The first-order valence-corrected chi connectivity index (χ1v) is 4.99. The number of rotatable bonds is 2. The van der Waals surface area contributed by atoms with Gasteiger partial charge in [-0.2, -0.15) is 0 Å².